The first-order valence-electron chi connectivity index (χ1n) is 7.62. The normalized spacial score (nSPS) is 10.8. The maximum absolute atomic E-state index is 11.7. The van der Waals surface area contributed by atoms with Gasteiger partial charge in [0, 0.05) is 23.3 Å². The van der Waals surface area contributed by atoms with Crippen LogP contribution in [0.5, 0.6) is 0 Å². The monoisotopic (exact) mass is 314 g/mol. The molecule has 4 rings (SSSR count). The lowest BCUT2D eigenvalue weighted by Gasteiger charge is -2.11. The highest BCUT2D eigenvalue weighted by Crippen LogP contribution is 2.35. The minimum absolute atomic E-state index is 0.797. The van der Waals surface area contributed by atoms with Crippen LogP contribution >= 0.6 is 0 Å². The van der Waals surface area contributed by atoms with Crippen LogP contribution in [0.25, 0.3) is 33.0 Å². The number of benzene rings is 2. The van der Waals surface area contributed by atoms with Crippen LogP contribution < -0.4 is 9.46 Å². The zero-order valence-electron chi connectivity index (χ0n) is 12.8. The van der Waals surface area contributed by atoms with Gasteiger partial charge in [0.15, 0.2) is 24.8 Å². The minimum Gasteiger partial charge on any atom is -0.619 e. The molecule has 4 heteroatoms. The summed E-state index contributed by atoms with van der Waals surface area (Å²) in [5.74, 6) is 0. The van der Waals surface area contributed by atoms with Crippen molar-refractivity contribution in [2.45, 2.75) is 0 Å². The van der Waals surface area contributed by atoms with E-state index in [0.717, 1.165) is 42.5 Å². The Morgan fingerprint density at radius 2 is 1.08 bits per heavy atom. The Morgan fingerprint density at radius 3 is 1.54 bits per heavy atom. The summed E-state index contributed by atoms with van der Waals surface area (Å²) in [6, 6.07) is 19.3. The topological polar surface area (TPSA) is 53.9 Å². The molecule has 0 amide bonds. The highest BCUT2D eigenvalue weighted by molar-refractivity contribution is 6.06. The number of hydrogen-bond donors (Lipinski definition) is 0. The fourth-order valence-electron chi connectivity index (χ4n) is 3.05. The first kappa shape index (κ1) is 14.2. The van der Waals surface area contributed by atoms with Crippen LogP contribution in [0.2, 0.25) is 0 Å². The average Bonchev–Trinajstić information content (AvgIpc) is 2.60. The van der Waals surface area contributed by atoms with E-state index in [-0.39, 0.29) is 0 Å². The van der Waals surface area contributed by atoms with E-state index in [0.29, 0.717) is 0 Å². The van der Waals surface area contributed by atoms with Gasteiger partial charge < -0.3 is 10.4 Å². The molecule has 2 aromatic heterocycles. The molecule has 0 unspecified atom stereocenters. The molecule has 0 saturated heterocycles. The lowest BCUT2D eigenvalue weighted by atomic mass is 9.93. The molecular formula is C20H14N2O2. The predicted molar refractivity (Wildman–Crippen MR) is 92.7 cm³/mol. The number of hydrogen-bond acceptors (Lipinski definition) is 2. The molecule has 0 atom stereocenters. The van der Waals surface area contributed by atoms with Gasteiger partial charge in [-0.15, -0.1) is 0 Å². The van der Waals surface area contributed by atoms with Crippen LogP contribution in [-0.4, -0.2) is 0 Å². The lowest BCUT2D eigenvalue weighted by Crippen LogP contribution is -2.24. The highest BCUT2D eigenvalue weighted by Gasteiger charge is 2.12. The second-order valence-electron chi connectivity index (χ2n) is 5.61. The summed E-state index contributed by atoms with van der Waals surface area (Å²) in [7, 11) is 0. The van der Waals surface area contributed by atoms with Gasteiger partial charge in [0.2, 0.25) is 0 Å². The number of aromatic nitrogens is 2. The molecule has 0 spiro atoms. The molecule has 0 aliphatic rings. The molecule has 0 fully saturated rings. The summed E-state index contributed by atoms with van der Waals surface area (Å²) >= 11 is 0. The molecule has 24 heavy (non-hydrogen) atoms. The zero-order chi connectivity index (χ0) is 16.5. The number of pyridine rings is 2. The number of nitrogens with zero attached hydrogens (tertiary/aromatic N) is 2. The van der Waals surface area contributed by atoms with E-state index in [4.69, 9.17) is 0 Å². The van der Waals surface area contributed by atoms with Gasteiger partial charge in [-0.3, -0.25) is 0 Å². The van der Waals surface area contributed by atoms with Crippen LogP contribution in [0, 0.1) is 10.4 Å². The van der Waals surface area contributed by atoms with E-state index in [1.807, 2.05) is 48.5 Å². The van der Waals surface area contributed by atoms with Gasteiger partial charge in [0.25, 0.3) is 0 Å². The molecule has 0 N–H and O–H groups in total. The zero-order valence-corrected chi connectivity index (χ0v) is 12.8. The van der Waals surface area contributed by atoms with Gasteiger partial charge in [-0.1, -0.05) is 36.4 Å². The molecule has 0 aliphatic heterocycles. The fraction of sp³-hybridized carbons (Fsp3) is 0. The molecule has 0 bridgehead atoms. The van der Waals surface area contributed by atoms with Gasteiger partial charge >= 0.3 is 0 Å². The van der Waals surface area contributed by atoms with Crippen molar-refractivity contribution in [2.75, 3.05) is 0 Å². The van der Waals surface area contributed by atoms with E-state index in [9.17, 15) is 10.4 Å². The Balaban J connectivity index is 2.06. The van der Waals surface area contributed by atoms with Crippen LogP contribution in [0.4, 0.5) is 0 Å². The molecule has 4 aromatic rings. The van der Waals surface area contributed by atoms with Crippen LogP contribution in [0.15, 0.2) is 85.5 Å². The van der Waals surface area contributed by atoms with Gasteiger partial charge in [-0.2, -0.15) is 9.46 Å². The van der Waals surface area contributed by atoms with E-state index in [1.165, 1.54) is 12.4 Å². The summed E-state index contributed by atoms with van der Waals surface area (Å²) in [4.78, 5) is 0. The van der Waals surface area contributed by atoms with Crippen molar-refractivity contribution >= 4 is 10.8 Å². The quantitative estimate of drug-likeness (QED) is 0.420. The van der Waals surface area contributed by atoms with Gasteiger partial charge in [-0.05, 0) is 34.0 Å². The Morgan fingerprint density at radius 1 is 0.583 bits per heavy atom. The second kappa shape index (κ2) is 5.66. The Bertz CT molecular complexity index is 964. The third kappa shape index (κ3) is 2.44. The predicted octanol–water partition coefficient (Wildman–Crippen LogP) is 3.44. The Hall–Kier alpha value is -3.40. The highest BCUT2D eigenvalue weighted by atomic mass is 16.5. The molecule has 0 saturated carbocycles. The Kier molecular flexibility index (Phi) is 3.35. The van der Waals surface area contributed by atoms with Crippen molar-refractivity contribution in [1.29, 1.82) is 0 Å². The maximum Gasteiger partial charge on any atom is 0.188 e. The smallest absolute Gasteiger partial charge is 0.188 e. The molecule has 0 radical (unpaired) electrons. The van der Waals surface area contributed by atoms with Gasteiger partial charge in [-0.25, -0.2) is 0 Å². The van der Waals surface area contributed by atoms with Gasteiger partial charge in [0.05, 0.1) is 0 Å². The molecule has 116 valence electrons. The molecule has 2 aromatic carbocycles. The van der Waals surface area contributed by atoms with Crippen molar-refractivity contribution in [1.82, 2.24) is 0 Å². The minimum atomic E-state index is 0.797. The molecule has 0 aliphatic carbocycles. The Labute approximate surface area is 139 Å². The lowest BCUT2D eigenvalue weighted by molar-refractivity contribution is -0.604. The van der Waals surface area contributed by atoms with E-state index in [1.54, 1.807) is 24.5 Å². The summed E-state index contributed by atoms with van der Waals surface area (Å²) in [6.07, 6.45) is 6.05. The molecule has 2 heterocycles. The fourth-order valence-corrected chi connectivity index (χ4v) is 3.05. The number of fused-ring (bicyclic) bond motifs is 1. The standard InChI is InChI=1S/C20H14N2O2/c23-21-11-3-7-16(13-21)18-9-1-5-15-6-2-10-19(20(15)18)17-8-4-12-22(24)14-17/h1-14H. The van der Waals surface area contributed by atoms with E-state index < -0.39 is 0 Å². The van der Waals surface area contributed by atoms with E-state index >= 15 is 0 Å². The molecule has 4 nitrogen and oxygen atoms in total. The summed E-state index contributed by atoms with van der Waals surface area (Å²) in [5, 5.41) is 25.4. The van der Waals surface area contributed by atoms with Crippen molar-refractivity contribution in [3.05, 3.63) is 95.9 Å². The van der Waals surface area contributed by atoms with Crippen molar-refractivity contribution < 1.29 is 9.46 Å². The van der Waals surface area contributed by atoms with Gasteiger partial charge in [0.1, 0.15) is 0 Å². The van der Waals surface area contributed by atoms with Crippen LogP contribution in [0.1, 0.15) is 0 Å². The maximum atomic E-state index is 11.7. The van der Waals surface area contributed by atoms with E-state index in [2.05, 4.69) is 0 Å². The second-order valence-corrected chi connectivity index (χ2v) is 5.61. The summed E-state index contributed by atoms with van der Waals surface area (Å²) < 4.78 is 1.59. The first-order valence-corrected chi connectivity index (χ1v) is 7.62. The largest absolute Gasteiger partial charge is 0.619 e. The third-order valence-electron chi connectivity index (χ3n) is 4.08. The van der Waals surface area contributed by atoms with Crippen molar-refractivity contribution in [3.63, 3.8) is 0 Å². The van der Waals surface area contributed by atoms with Crippen molar-refractivity contribution in [3.8, 4) is 22.3 Å². The van der Waals surface area contributed by atoms with Crippen LogP contribution in [0.3, 0.4) is 0 Å². The SMILES string of the molecule is [O-][n+]1cccc(-c2cccc3cccc(-c4ccc[n+]([O-])c4)c23)c1. The first-order chi connectivity index (χ1) is 11.7. The number of rotatable bonds is 2. The van der Waals surface area contributed by atoms with Crippen molar-refractivity contribution in [2.24, 2.45) is 0 Å². The summed E-state index contributed by atoms with van der Waals surface area (Å²) in [6.45, 7) is 0. The average molecular weight is 314 g/mol. The van der Waals surface area contributed by atoms with Crippen LogP contribution in [-0.2, 0) is 0 Å². The summed E-state index contributed by atoms with van der Waals surface area (Å²) in [5.41, 5.74) is 3.62. The molecular weight excluding hydrogens is 300 g/mol. The third-order valence-corrected chi connectivity index (χ3v) is 4.08.